The number of hydrogen-bond donors (Lipinski definition) is 1. The number of nitrogens with zero attached hydrogens (tertiary/aromatic N) is 2. The molecule has 2 aromatic rings. The Morgan fingerprint density at radius 3 is 2.19 bits per heavy atom. The molecular weight excluding hydrogens is 474 g/mol. The largest absolute Gasteiger partial charge is 0.352 e. The fourth-order valence-corrected chi connectivity index (χ4v) is 5.38. The predicted molar refractivity (Wildman–Crippen MR) is 144 cm³/mol. The minimum atomic E-state index is -3.74. The number of benzene rings is 2. The topological polar surface area (TPSA) is 86.8 Å². The molecule has 1 atom stereocenters. The zero-order chi connectivity index (χ0) is 26.5. The molecule has 1 fully saturated rings. The van der Waals surface area contributed by atoms with Crippen LogP contribution in [0.4, 0.5) is 5.69 Å². The van der Waals surface area contributed by atoms with E-state index in [1.165, 1.54) is 11.3 Å². The molecule has 0 spiro atoms. The monoisotopic (exact) mass is 513 g/mol. The van der Waals surface area contributed by atoms with Crippen molar-refractivity contribution in [2.75, 3.05) is 17.1 Å². The first kappa shape index (κ1) is 27.7. The van der Waals surface area contributed by atoms with Crippen LogP contribution in [-0.4, -0.2) is 50.0 Å². The lowest BCUT2D eigenvalue weighted by molar-refractivity contribution is -0.139. The van der Waals surface area contributed by atoms with E-state index >= 15 is 0 Å². The number of carbonyl (C=O) groups excluding carboxylic acids is 2. The molecule has 0 bridgehead atoms. The molecule has 0 radical (unpaired) electrons. The summed E-state index contributed by atoms with van der Waals surface area (Å²) in [4.78, 5) is 28.4. The van der Waals surface area contributed by atoms with Crippen molar-refractivity contribution in [2.45, 2.75) is 78.4 Å². The molecule has 8 heteroatoms. The summed E-state index contributed by atoms with van der Waals surface area (Å²) in [6.45, 7) is 7.39. The van der Waals surface area contributed by atoms with Gasteiger partial charge in [0.1, 0.15) is 12.6 Å². The van der Waals surface area contributed by atoms with Crippen LogP contribution in [0.25, 0.3) is 0 Å². The number of anilines is 1. The van der Waals surface area contributed by atoms with Gasteiger partial charge in [0, 0.05) is 12.6 Å². The van der Waals surface area contributed by atoms with Crippen molar-refractivity contribution >= 4 is 27.5 Å². The van der Waals surface area contributed by atoms with Crippen molar-refractivity contribution < 1.29 is 18.0 Å². The van der Waals surface area contributed by atoms with Crippen molar-refractivity contribution in [1.29, 1.82) is 0 Å². The van der Waals surface area contributed by atoms with Gasteiger partial charge >= 0.3 is 0 Å². The normalized spacial score (nSPS) is 15.2. The van der Waals surface area contributed by atoms with E-state index in [0.29, 0.717) is 5.69 Å². The fraction of sp³-hybridized carbons (Fsp3) is 0.500. The Morgan fingerprint density at radius 1 is 0.972 bits per heavy atom. The smallest absolute Gasteiger partial charge is 0.244 e. The summed E-state index contributed by atoms with van der Waals surface area (Å²) < 4.78 is 26.6. The Morgan fingerprint density at radius 2 is 1.61 bits per heavy atom. The predicted octanol–water partition coefficient (Wildman–Crippen LogP) is 4.24. The lowest BCUT2D eigenvalue weighted by atomic mass is 9.95. The first-order valence-electron chi connectivity index (χ1n) is 12.7. The number of hydrogen-bond acceptors (Lipinski definition) is 4. The Balaban J connectivity index is 1.87. The van der Waals surface area contributed by atoms with E-state index in [1.807, 2.05) is 51.1 Å². The number of rotatable bonds is 9. The maximum atomic E-state index is 13.7. The van der Waals surface area contributed by atoms with Gasteiger partial charge in [0.05, 0.1) is 11.9 Å². The van der Waals surface area contributed by atoms with E-state index in [4.69, 9.17) is 0 Å². The van der Waals surface area contributed by atoms with Crippen molar-refractivity contribution in [3.63, 3.8) is 0 Å². The summed E-state index contributed by atoms with van der Waals surface area (Å²) in [6.07, 6.45) is 6.34. The first-order chi connectivity index (χ1) is 17.0. The molecular formula is C28H39N3O4S. The standard InChI is InChI=1S/C28H39N3O4S/c1-20-11-14-24(15-12-20)18-30(23(4)28(33)29-25-9-7-6-8-10-25)27(32)19-31(36(5,34)35)26-16-13-21(2)22(3)17-26/h11-17,23,25H,6-10,18-19H2,1-5H3,(H,29,33)/t23-/m0/s1. The Hall–Kier alpha value is -2.87. The van der Waals surface area contributed by atoms with E-state index in [9.17, 15) is 18.0 Å². The highest BCUT2D eigenvalue weighted by Gasteiger charge is 2.31. The molecule has 36 heavy (non-hydrogen) atoms. The lowest BCUT2D eigenvalue weighted by Gasteiger charge is -2.33. The molecule has 0 heterocycles. The van der Waals surface area contributed by atoms with Crippen molar-refractivity contribution in [1.82, 2.24) is 10.2 Å². The van der Waals surface area contributed by atoms with Gasteiger partial charge in [-0.2, -0.15) is 0 Å². The molecule has 1 aliphatic carbocycles. The molecule has 1 saturated carbocycles. The quantitative estimate of drug-likeness (QED) is 0.543. The third kappa shape index (κ3) is 7.32. The van der Waals surface area contributed by atoms with E-state index in [2.05, 4.69) is 5.32 Å². The highest BCUT2D eigenvalue weighted by Crippen LogP contribution is 2.23. The van der Waals surface area contributed by atoms with Gasteiger partial charge in [-0.3, -0.25) is 13.9 Å². The van der Waals surface area contributed by atoms with Gasteiger partial charge in [-0.05, 0) is 69.4 Å². The summed E-state index contributed by atoms with van der Waals surface area (Å²) in [7, 11) is -3.74. The van der Waals surface area contributed by atoms with Crippen molar-refractivity contribution in [3.8, 4) is 0 Å². The second kappa shape index (κ2) is 11.9. The molecule has 1 aliphatic rings. The molecule has 3 rings (SSSR count). The van der Waals surface area contributed by atoms with Crippen LogP contribution in [-0.2, 0) is 26.2 Å². The Bertz CT molecular complexity index is 1170. The number of sulfonamides is 1. The first-order valence-corrected chi connectivity index (χ1v) is 14.5. The van der Waals surface area contributed by atoms with Gasteiger partial charge in [-0.1, -0.05) is 55.2 Å². The van der Waals surface area contributed by atoms with Crippen LogP contribution in [0.2, 0.25) is 0 Å². The Labute approximate surface area is 215 Å². The van der Waals surface area contributed by atoms with Gasteiger partial charge in [0.25, 0.3) is 0 Å². The lowest BCUT2D eigenvalue weighted by Crippen LogP contribution is -2.53. The highest BCUT2D eigenvalue weighted by atomic mass is 32.2. The molecule has 0 saturated heterocycles. The summed E-state index contributed by atoms with van der Waals surface area (Å²) in [5, 5.41) is 3.11. The summed E-state index contributed by atoms with van der Waals surface area (Å²) in [6, 6.07) is 12.5. The van der Waals surface area contributed by atoms with Gasteiger partial charge in [0.2, 0.25) is 21.8 Å². The fourth-order valence-electron chi connectivity index (χ4n) is 4.54. The third-order valence-electron chi connectivity index (χ3n) is 7.05. The molecule has 7 nitrogen and oxygen atoms in total. The minimum Gasteiger partial charge on any atom is -0.352 e. The maximum Gasteiger partial charge on any atom is 0.244 e. The number of aryl methyl sites for hydroxylation is 3. The molecule has 0 aromatic heterocycles. The number of nitrogens with one attached hydrogen (secondary N) is 1. The van der Waals surface area contributed by atoms with Gasteiger partial charge in [-0.25, -0.2) is 8.42 Å². The maximum absolute atomic E-state index is 13.7. The Kier molecular flexibility index (Phi) is 9.17. The number of carbonyl (C=O) groups is 2. The van der Waals surface area contributed by atoms with Crippen LogP contribution < -0.4 is 9.62 Å². The van der Waals surface area contributed by atoms with Crippen molar-refractivity contribution in [3.05, 3.63) is 64.7 Å². The summed E-state index contributed by atoms with van der Waals surface area (Å²) in [5.41, 5.74) is 4.38. The van der Waals surface area contributed by atoms with E-state index in [-0.39, 0.29) is 25.0 Å². The summed E-state index contributed by atoms with van der Waals surface area (Å²) >= 11 is 0. The van der Waals surface area contributed by atoms with Gasteiger partial charge < -0.3 is 10.2 Å². The number of amides is 2. The van der Waals surface area contributed by atoms with Crippen LogP contribution in [0, 0.1) is 20.8 Å². The molecule has 0 unspecified atom stereocenters. The SMILES string of the molecule is Cc1ccc(CN(C(=O)CN(c2ccc(C)c(C)c2)S(C)(=O)=O)[C@@H](C)C(=O)NC2CCCCC2)cc1. The zero-order valence-electron chi connectivity index (χ0n) is 22.1. The second-order valence-corrected chi connectivity index (χ2v) is 12.0. The third-order valence-corrected chi connectivity index (χ3v) is 8.19. The van der Waals surface area contributed by atoms with Crippen LogP contribution in [0.3, 0.4) is 0 Å². The van der Waals surface area contributed by atoms with Gasteiger partial charge in [-0.15, -0.1) is 0 Å². The van der Waals surface area contributed by atoms with E-state index < -0.39 is 22.0 Å². The van der Waals surface area contributed by atoms with Crippen LogP contribution in [0.5, 0.6) is 0 Å². The minimum absolute atomic E-state index is 0.119. The molecule has 2 amide bonds. The molecule has 1 N–H and O–H groups in total. The average molecular weight is 514 g/mol. The summed E-state index contributed by atoms with van der Waals surface area (Å²) in [5.74, 6) is -0.634. The van der Waals surface area contributed by atoms with E-state index in [0.717, 1.165) is 58.5 Å². The van der Waals surface area contributed by atoms with Crippen molar-refractivity contribution in [2.24, 2.45) is 0 Å². The van der Waals surface area contributed by atoms with Crippen LogP contribution in [0.15, 0.2) is 42.5 Å². The van der Waals surface area contributed by atoms with Crippen LogP contribution >= 0.6 is 0 Å². The average Bonchev–Trinajstić information content (AvgIpc) is 2.83. The molecule has 196 valence electrons. The van der Waals surface area contributed by atoms with Gasteiger partial charge in [0.15, 0.2) is 0 Å². The van der Waals surface area contributed by atoms with Crippen LogP contribution in [0.1, 0.15) is 61.3 Å². The second-order valence-electron chi connectivity index (χ2n) is 10.1. The zero-order valence-corrected chi connectivity index (χ0v) is 22.9. The van der Waals surface area contributed by atoms with E-state index in [1.54, 1.807) is 19.1 Å². The molecule has 0 aliphatic heterocycles. The highest BCUT2D eigenvalue weighted by molar-refractivity contribution is 7.92. The molecule has 2 aromatic carbocycles.